The van der Waals surface area contributed by atoms with Crippen molar-refractivity contribution in [2.75, 3.05) is 5.32 Å². The lowest BCUT2D eigenvalue weighted by atomic mass is 9.63. The van der Waals surface area contributed by atoms with Gasteiger partial charge in [-0.15, -0.1) is 4.40 Å². The highest BCUT2D eigenvalue weighted by Gasteiger charge is 2.49. The minimum absolute atomic E-state index is 0.108. The fourth-order valence-electron chi connectivity index (χ4n) is 4.78. The Hall–Kier alpha value is -2.68. The lowest BCUT2D eigenvalue weighted by molar-refractivity contribution is -0.121. The molecule has 0 aromatic heterocycles. The Morgan fingerprint density at radius 2 is 1.73 bits per heavy atom. The van der Waals surface area contributed by atoms with Crippen molar-refractivity contribution in [1.82, 2.24) is 0 Å². The number of rotatable bonds is 7. The number of anilines is 1. The van der Waals surface area contributed by atoms with Crippen LogP contribution in [0.25, 0.3) is 5.76 Å². The molecule has 6 nitrogen and oxygen atoms in total. The number of nitrogens with one attached hydrogen (secondary N) is 1. The van der Waals surface area contributed by atoms with Crippen LogP contribution < -0.4 is 5.32 Å². The van der Waals surface area contributed by atoms with Crippen LogP contribution in [0.15, 0.2) is 57.3 Å². The third-order valence-electron chi connectivity index (χ3n) is 6.46. The molecule has 176 valence electrons. The van der Waals surface area contributed by atoms with Crippen LogP contribution in [0, 0.1) is 5.82 Å². The summed E-state index contributed by atoms with van der Waals surface area (Å²) in [6, 6.07) is 10.7. The number of ketones is 1. The zero-order valence-electron chi connectivity index (χ0n) is 18.8. The van der Waals surface area contributed by atoms with E-state index < -0.39 is 27.8 Å². The lowest BCUT2D eigenvalue weighted by Crippen LogP contribution is -2.44. The van der Waals surface area contributed by atoms with Crippen LogP contribution >= 0.6 is 10.8 Å². The molecule has 2 aliphatic rings. The quantitative estimate of drug-likeness (QED) is 0.353. The molecular weight excluding hydrogens is 443 g/mol. The number of hydrogen-bond acceptors (Lipinski definition) is 6. The highest BCUT2D eigenvalue weighted by molar-refractivity contribution is 8.23. The minimum atomic E-state index is -3.59. The van der Waals surface area contributed by atoms with Gasteiger partial charge in [0.05, 0.1) is 11.1 Å². The fraction of sp³-hybridized carbons (Fsp3) is 0.360. The average molecular weight is 473 g/mol. The molecule has 4 N–H and O–H groups in total. The summed E-state index contributed by atoms with van der Waals surface area (Å²) >= 11 is 0. The van der Waals surface area contributed by atoms with Crippen LogP contribution in [0.1, 0.15) is 63.5 Å². The van der Waals surface area contributed by atoms with Gasteiger partial charge in [0.25, 0.3) is 0 Å². The van der Waals surface area contributed by atoms with Crippen LogP contribution in [-0.4, -0.2) is 25.8 Å². The first-order valence-corrected chi connectivity index (χ1v) is 12.8. The molecule has 0 amide bonds. The van der Waals surface area contributed by atoms with Gasteiger partial charge in [0.2, 0.25) is 0 Å². The first-order valence-electron chi connectivity index (χ1n) is 11.3. The maximum atomic E-state index is 14.3. The van der Waals surface area contributed by atoms with E-state index in [1.54, 1.807) is 30.3 Å². The molecule has 0 spiro atoms. The Labute approximate surface area is 194 Å². The third-order valence-corrected chi connectivity index (χ3v) is 7.84. The van der Waals surface area contributed by atoms with Crippen molar-refractivity contribution in [3.63, 3.8) is 0 Å². The van der Waals surface area contributed by atoms with Crippen molar-refractivity contribution in [2.24, 2.45) is 4.40 Å². The number of nitrogens with zero attached hydrogens (tertiary/aromatic N) is 1. The normalized spacial score (nSPS) is 19.3. The molecule has 4 rings (SSSR count). The Bertz CT molecular complexity index is 1150. The van der Waals surface area contributed by atoms with Gasteiger partial charge in [0.1, 0.15) is 22.0 Å². The van der Waals surface area contributed by atoms with E-state index in [1.165, 1.54) is 12.1 Å². The van der Waals surface area contributed by atoms with Gasteiger partial charge >= 0.3 is 0 Å². The number of para-hydroxylation sites is 1. The third kappa shape index (κ3) is 3.96. The molecule has 33 heavy (non-hydrogen) atoms. The zero-order valence-corrected chi connectivity index (χ0v) is 19.6. The van der Waals surface area contributed by atoms with E-state index >= 15 is 0 Å². The second-order valence-corrected chi connectivity index (χ2v) is 10.3. The number of aliphatic hydroxyl groups excluding tert-OH is 1. The number of carbonyl (C=O) groups excluding carboxylic acids is 1. The summed E-state index contributed by atoms with van der Waals surface area (Å²) in [5.41, 5.74) is 0.168. The molecule has 0 unspecified atom stereocenters. The molecule has 0 radical (unpaired) electrons. The maximum Gasteiger partial charge on any atom is 0.180 e. The monoisotopic (exact) mass is 472 g/mol. The second kappa shape index (κ2) is 8.93. The molecule has 2 aromatic carbocycles. The van der Waals surface area contributed by atoms with E-state index in [-0.39, 0.29) is 27.7 Å². The summed E-state index contributed by atoms with van der Waals surface area (Å²) in [5.74, 6) is -1.37. The standard InChI is InChI=1S/C25H29FN2O4S/c1-3-5-13-25(14-6-4-2)18-12-11-16(26)15-17(18)22(29)21(23(25)30)24-27-19-9-7-8-10-20(19)33(31,32)28-24/h7-12,15,29,31-32H,3-6,13-14H2,1-2H3,(H,27,28). The fourth-order valence-corrected chi connectivity index (χ4v) is 5.94. The molecule has 0 saturated carbocycles. The average Bonchev–Trinajstić information content (AvgIpc) is 2.79. The molecule has 0 bridgehead atoms. The van der Waals surface area contributed by atoms with Crippen molar-refractivity contribution in [3.8, 4) is 0 Å². The van der Waals surface area contributed by atoms with Gasteiger partial charge in [0, 0.05) is 5.56 Å². The lowest BCUT2D eigenvalue weighted by Gasteiger charge is -2.40. The van der Waals surface area contributed by atoms with Crippen molar-refractivity contribution in [2.45, 2.75) is 62.7 Å². The summed E-state index contributed by atoms with van der Waals surface area (Å²) in [4.78, 5) is 14.4. The number of halogens is 1. The molecule has 0 atom stereocenters. The van der Waals surface area contributed by atoms with Gasteiger partial charge in [-0.2, -0.15) is 0 Å². The molecule has 8 heteroatoms. The van der Waals surface area contributed by atoms with Gasteiger partial charge in [-0.1, -0.05) is 68.5 Å². The van der Waals surface area contributed by atoms with Crippen molar-refractivity contribution < 1.29 is 23.4 Å². The number of Topliss-reactive ketones (excluding diaryl/α,β-unsaturated/α-hetero) is 1. The van der Waals surface area contributed by atoms with Crippen molar-refractivity contribution in [1.29, 1.82) is 0 Å². The van der Waals surface area contributed by atoms with Crippen LogP contribution in [0.3, 0.4) is 0 Å². The first kappa shape index (κ1) is 23.5. The highest BCUT2D eigenvalue weighted by Crippen LogP contribution is 2.56. The van der Waals surface area contributed by atoms with E-state index in [0.717, 1.165) is 25.7 Å². The van der Waals surface area contributed by atoms with E-state index in [1.807, 2.05) is 13.8 Å². The number of amidine groups is 1. The molecule has 0 fully saturated rings. The topological polar surface area (TPSA) is 102 Å². The maximum absolute atomic E-state index is 14.3. The van der Waals surface area contributed by atoms with Gasteiger partial charge in [-0.05, 0) is 42.7 Å². The van der Waals surface area contributed by atoms with Crippen molar-refractivity contribution in [3.05, 3.63) is 65.0 Å². The van der Waals surface area contributed by atoms with Gasteiger partial charge in [0.15, 0.2) is 11.6 Å². The number of aliphatic hydroxyl groups is 1. The molecule has 0 saturated heterocycles. The summed E-state index contributed by atoms with van der Waals surface area (Å²) in [6.07, 6.45) is 4.37. The largest absolute Gasteiger partial charge is 0.506 e. The molecule has 1 aliphatic carbocycles. The number of benzene rings is 2. The number of fused-ring (bicyclic) bond motifs is 2. The zero-order chi connectivity index (χ0) is 23.8. The number of unbranched alkanes of at least 4 members (excludes halogenated alkanes) is 2. The van der Waals surface area contributed by atoms with E-state index in [9.17, 15) is 23.4 Å². The summed E-state index contributed by atoms with van der Waals surface area (Å²) in [5, 5.41) is 14.2. The number of hydrogen-bond donors (Lipinski definition) is 4. The van der Waals surface area contributed by atoms with Gasteiger partial charge < -0.3 is 10.4 Å². The summed E-state index contributed by atoms with van der Waals surface area (Å²) in [6.45, 7) is 4.08. The van der Waals surface area contributed by atoms with Gasteiger partial charge in [-0.25, -0.2) is 4.39 Å². The molecule has 2 aromatic rings. The Balaban J connectivity index is 1.94. The van der Waals surface area contributed by atoms with Crippen LogP contribution in [0.4, 0.5) is 10.1 Å². The Morgan fingerprint density at radius 1 is 1.06 bits per heavy atom. The smallest absolute Gasteiger partial charge is 0.180 e. The van der Waals surface area contributed by atoms with Crippen LogP contribution in [0.2, 0.25) is 0 Å². The molecular formula is C25H29FN2O4S. The molecule has 1 heterocycles. The first-order chi connectivity index (χ1) is 15.7. The van der Waals surface area contributed by atoms with Crippen LogP contribution in [0.5, 0.6) is 0 Å². The van der Waals surface area contributed by atoms with E-state index in [2.05, 4.69) is 9.71 Å². The van der Waals surface area contributed by atoms with Gasteiger partial charge in [-0.3, -0.25) is 13.9 Å². The number of carbonyl (C=O) groups is 1. The second-order valence-electron chi connectivity index (χ2n) is 8.61. The summed E-state index contributed by atoms with van der Waals surface area (Å²) in [7, 11) is -3.59. The highest BCUT2D eigenvalue weighted by atomic mass is 32.3. The minimum Gasteiger partial charge on any atom is -0.506 e. The van der Waals surface area contributed by atoms with E-state index in [0.29, 0.717) is 24.1 Å². The van der Waals surface area contributed by atoms with Crippen molar-refractivity contribution >= 4 is 33.8 Å². The predicted molar refractivity (Wildman–Crippen MR) is 130 cm³/mol. The summed E-state index contributed by atoms with van der Waals surface area (Å²) < 4.78 is 39.7. The van der Waals surface area contributed by atoms with Crippen LogP contribution in [-0.2, 0) is 10.2 Å². The SMILES string of the molecule is CCCCC1(CCCC)C(=O)C(C2=NS(O)(O)c3ccccc3N2)=C(O)c2cc(F)ccc21. The molecule has 1 aliphatic heterocycles. The Kier molecular flexibility index (Phi) is 6.35. The Morgan fingerprint density at radius 3 is 2.39 bits per heavy atom. The predicted octanol–water partition coefficient (Wildman–Crippen LogP) is 6.84. The van der Waals surface area contributed by atoms with E-state index in [4.69, 9.17) is 0 Å².